The van der Waals surface area contributed by atoms with Crippen LogP contribution in [0.15, 0.2) is 30.5 Å². The minimum absolute atomic E-state index is 0.00988. The summed E-state index contributed by atoms with van der Waals surface area (Å²) in [5.74, 6) is -3.52. The second-order valence-corrected chi connectivity index (χ2v) is 3.59. The number of carboxylic acids is 1. The van der Waals surface area contributed by atoms with E-state index in [1.54, 1.807) is 0 Å². The third-order valence-corrected chi connectivity index (χ3v) is 2.23. The van der Waals surface area contributed by atoms with E-state index >= 15 is 0 Å². The van der Waals surface area contributed by atoms with Gasteiger partial charge in [-0.25, -0.2) is 18.6 Å². The number of halogens is 2. The van der Waals surface area contributed by atoms with Gasteiger partial charge in [0.25, 0.3) is 0 Å². The van der Waals surface area contributed by atoms with Crippen LogP contribution in [-0.2, 0) is 0 Å². The topological polar surface area (TPSA) is 85.4 Å². The van der Waals surface area contributed by atoms with Gasteiger partial charge in [0.2, 0.25) is 0 Å². The summed E-state index contributed by atoms with van der Waals surface area (Å²) in [4.78, 5) is 14.6. The summed E-state index contributed by atoms with van der Waals surface area (Å²) in [5.41, 5.74) is 5.09. The molecule has 0 saturated heterocycles. The number of hydrogen-bond acceptors (Lipinski definition) is 4. The molecular weight excluding hydrogens is 258 g/mol. The third-order valence-electron chi connectivity index (χ3n) is 2.23. The van der Waals surface area contributed by atoms with Crippen molar-refractivity contribution in [1.29, 1.82) is 0 Å². The standard InChI is InChI=1S/C12H8F2N2O3/c13-6-1-2-9(8(14)3-6)19-10-5-16-11(15)4-7(10)12(17)18/h1-5H,(H2,15,16)(H,17,18). The van der Waals surface area contributed by atoms with Gasteiger partial charge in [0.05, 0.1) is 6.20 Å². The predicted octanol–water partition coefficient (Wildman–Crippen LogP) is 2.43. The Bertz CT molecular complexity index is 647. The molecule has 7 heteroatoms. The van der Waals surface area contributed by atoms with Gasteiger partial charge in [0.15, 0.2) is 17.3 Å². The van der Waals surface area contributed by atoms with Crippen molar-refractivity contribution in [2.45, 2.75) is 0 Å². The predicted molar refractivity (Wildman–Crippen MR) is 62.0 cm³/mol. The molecule has 0 spiro atoms. The molecule has 1 heterocycles. The first kappa shape index (κ1) is 12.7. The average molecular weight is 266 g/mol. The normalized spacial score (nSPS) is 10.2. The number of carbonyl (C=O) groups is 1. The largest absolute Gasteiger partial charge is 0.478 e. The van der Waals surface area contributed by atoms with Crippen LogP contribution in [0.1, 0.15) is 10.4 Å². The van der Waals surface area contributed by atoms with Gasteiger partial charge in [-0.3, -0.25) is 0 Å². The smallest absolute Gasteiger partial charge is 0.339 e. The lowest BCUT2D eigenvalue weighted by atomic mass is 10.2. The summed E-state index contributed by atoms with van der Waals surface area (Å²) >= 11 is 0. The van der Waals surface area contributed by atoms with Gasteiger partial charge in [-0.1, -0.05) is 0 Å². The molecule has 0 radical (unpaired) electrons. The Labute approximate surface area is 106 Å². The molecule has 3 N–H and O–H groups in total. The molecule has 2 aromatic rings. The van der Waals surface area contributed by atoms with Crippen LogP contribution in [0.4, 0.5) is 14.6 Å². The first-order valence-corrected chi connectivity index (χ1v) is 5.09. The van der Waals surface area contributed by atoms with Crippen molar-refractivity contribution >= 4 is 11.8 Å². The highest BCUT2D eigenvalue weighted by atomic mass is 19.1. The van der Waals surface area contributed by atoms with E-state index in [-0.39, 0.29) is 22.9 Å². The van der Waals surface area contributed by atoms with Crippen molar-refractivity contribution in [2.75, 3.05) is 5.73 Å². The monoisotopic (exact) mass is 266 g/mol. The van der Waals surface area contributed by atoms with Crippen molar-refractivity contribution in [2.24, 2.45) is 0 Å². The maximum Gasteiger partial charge on any atom is 0.339 e. The number of aromatic carboxylic acids is 1. The molecular formula is C12H8F2N2O3. The Hall–Kier alpha value is -2.70. The summed E-state index contributed by atoms with van der Waals surface area (Å²) in [6.45, 7) is 0. The number of ether oxygens (including phenoxy) is 1. The van der Waals surface area contributed by atoms with E-state index in [0.29, 0.717) is 6.07 Å². The second kappa shape index (κ2) is 4.89. The molecule has 0 atom stereocenters. The van der Waals surface area contributed by atoms with Crippen LogP contribution in [-0.4, -0.2) is 16.1 Å². The molecule has 2 rings (SSSR count). The van der Waals surface area contributed by atoms with Gasteiger partial charge in [-0.2, -0.15) is 0 Å². The number of nitrogens with two attached hydrogens (primary N) is 1. The Morgan fingerprint density at radius 1 is 1.26 bits per heavy atom. The molecule has 19 heavy (non-hydrogen) atoms. The van der Waals surface area contributed by atoms with Crippen molar-refractivity contribution in [3.63, 3.8) is 0 Å². The number of nitrogen functional groups attached to an aromatic ring is 1. The number of carboxylic acid groups (broad SMARTS) is 1. The Morgan fingerprint density at radius 3 is 2.63 bits per heavy atom. The fourth-order valence-corrected chi connectivity index (χ4v) is 1.38. The molecule has 5 nitrogen and oxygen atoms in total. The molecule has 0 aliphatic rings. The Morgan fingerprint density at radius 2 is 2.00 bits per heavy atom. The number of pyridine rings is 1. The third kappa shape index (κ3) is 2.76. The SMILES string of the molecule is Nc1cc(C(=O)O)c(Oc2ccc(F)cc2F)cn1. The molecule has 0 saturated carbocycles. The lowest BCUT2D eigenvalue weighted by molar-refractivity contribution is 0.0694. The van der Waals surface area contributed by atoms with Crippen LogP contribution in [0.2, 0.25) is 0 Å². The number of aromatic nitrogens is 1. The van der Waals surface area contributed by atoms with Gasteiger partial charge in [-0.15, -0.1) is 0 Å². The summed E-state index contributed by atoms with van der Waals surface area (Å²) in [5, 5.41) is 8.96. The first-order valence-electron chi connectivity index (χ1n) is 5.09. The molecule has 98 valence electrons. The number of nitrogens with zero attached hydrogens (tertiary/aromatic N) is 1. The Kier molecular flexibility index (Phi) is 3.28. The van der Waals surface area contributed by atoms with Gasteiger partial charge < -0.3 is 15.6 Å². The maximum atomic E-state index is 13.4. The molecule has 0 fully saturated rings. The molecule has 0 aliphatic heterocycles. The van der Waals surface area contributed by atoms with E-state index in [1.807, 2.05) is 0 Å². The van der Waals surface area contributed by atoms with Crippen LogP contribution in [0.5, 0.6) is 11.5 Å². The second-order valence-electron chi connectivity index (χ2n) is 3.59. The van der Waals surface area contributed by atoms with Crippen LogP contribution in [0.25, 0.3) is 0 Å². The quantitative estimate of drug-likeness (QED) is 0.891. The van der Waals surface area contributed by atoms with Gasteiger partial charge in [0.1, 0.15) is 17.2 Å². The fourth-order valence-electron chi connectivity index (χ4n) is 1.38. The highest BCUT2D eigenvalue weighted by molar-refractivity contribution is 5.91. The summed E-state index contributed by atoms with van der Waals surface area (Å²) < 4.78 is 31.2. The fraction of sp³-hybridized carbons (Fsp3) is 0. The zero-order chi connectivity index (χ0) is 14.0. The molecule has 0 amide bonds. The van der Waals surface area contributed by atoms with Crippen LogP contribution in [0.3, 0.4) is 0 Å². The van der Waals surface area contributed by atoms with E-state index in [0.717, 1.165) is 24.4 Å². The van der Waals surface area contributed by atoms with Crippen molar-refractivity contribution in [3.05, 3.63) is 47.7 Å². The van der Waals surface area contributed by atoms with E-state index in [1.165, 1.54) is 0 Å². The van der Waals surface area contributed by atoms with Crippen molar-refractivity contribution in [3.8, 4) is 11.5 Å². The van der Waals surface area contributed by atoms with E-state index < -0.39 is 17.6 Å². The summed E-state index contributed by atoms with van der Waals surface area (Å²) in [6.07, 6.45) is 1.06. The van der Waals surface area contributed by atoms with E-state index in [2.05, 4.69) is 4.98 Å². The van der Waals surface area contributed by atoms with Gasteiger partial charge in [0, 0.05) is 6.07 Å². The lowest BCUT2D eigenvalue weighted by Crippen LogP contribution is -2.03. The number of rotatable bonds is 3. The summed E-state index contributed by atoms with van der Waals surface area (Å²) in [6, 6.07) is 3.75. The lowest BCUT2D eigenvalue weighted by Gasteiger charge is -2.09. The van der Waals surface area contributed by atoms with Crippen LogP contribution >= 0.6 is 0 Å². The minimum Gasteiger partial charge on any atom is -0.478 e. The zero-order valence-corrected chi connectivity index (χ0v) is 9.43. The van der Waals surface area contributed by atoms with E-state index in [9.17, 15) is 13.6 Å². The molecule has 0 bridgehead atoms. The Balaban J connectivity index is 2.40. The number of benzene rings is 1. The highest BCUT2D eigenvalue weighted by Gasteiger charge is 2.15. The van der Waals surface area contributed by atoms with Gasteiger partial charge >= 0.3 is 5.97 Å². The van der Waals surface area contributed by atoms with Crippen LogP contribution in [0, 0.1) is 11.6 Å². The molecule has 0 aliphatic carbocycles. The number of anilines is 1. The minimum atomic E-state index is -1.30. The molecule has 1 aromatic carbocycles. The van der Waals surface area contributed by atoms with Crippen molar-refractivity contribution in [1.82, 2.24) is 4.98 Å². The maximum absolute atomic E-state index is 13.4. The van der Waals surface area contributed by atoms with Crippen molar-refractivity contribution < 1.29 is 23.4 Å². The molecule has 0 unspecified atom stereocenters. The van der Waals surface area contributed by atoms with Gasteiger partial charge in [-0.05, 0) is 18.2 Å². The number of hydrogen-bond donors (Lipinski definition) is 2. The summed E-state index contributed by atoms with van der Waals surface area (Å²) in [7, 11) is 0. The first-order chi connectivity index (χ1) is 8.97. The zero-order valence-electron chi connectivity index (χ0n) is 9.43. The highest BCUT2D eigenvalue weighted by Crippen LogP contribution is 2.28. The van der Waals surface area contributed by atoms with Crippen LogP contribution < -0.4 is 10.5 Å². The molecule has 1 aromatic heterocycles. The van der Waals surface area contributed by atoms with E-state index in [4.69, 9.17) is 15.6 Å². The average Bonchev–Trinajstić information content (AvgIpc) is 2.34.